The first-order valence-electron chi connectivity index (χ1n) is 5.01. The Morgan fingerprint density at radius 2 is 2.33 bits per heavy atom. The van der Waals surface area contributed by atoms with E-state index in [1.807, 2.05) is 0 Å². The van der Waals surface area contributed by atoms with E-state index < -0.39 is 0 Å². The van der Waals surface area contributed by atoms with E-state index in [4.69, 9.17) is 0 Å². The molecule has 1 fully saturated rings. The maximum atomic E-state index is 3.35. The minimum absolute atomic E-state index is 0.601. The molecule has 0 amide bonds. The summed E-state index contributed by atoms with van der Waals surface area (Å²) in [5, 5.41) is 0. The highest BCUT2D eigenvalue weighted by Crippen LogP contribution is 2.31. The van der Waals surface area contributed by atoms with Crippen LogP contribution in [0.2, 0.25) is 0 Å². The van der Waals surface area contributed by atoms with Gasteiger partial charge in [-0.2, -0.15) is 0 Å². The summed E-state index contributed by atoms with van der Waals surface area (Å²) in [5.41, 5.74) is 8.06. The highest BCUT2D eigenvalue weighted by atomic mass is 15.4. The number of nitrogens with one attached hydrogen (secondary N) is 2. The highest BCUT2D eigenvalue weighted by Gasteiger charge is 2.23. The summed E-state index contributed by atoms with van der Waals surface area (Å²) in [7, 11) is 0. The molecular weight excluding hydrogens is 148 g/mol. The van der Waals surface area contributed by atoms with E-state index in [1.165, 1.54) is 31.3 Å². The summed E-state index contributed by atoms with van der Waals surface area (Å²) < 4.78 is 0. The van der Waals surface area contributed by atoms with Crippen molar-refractivity contribution >= 4 is 0 Å². The van der Waals surface area contributed by atoms with Crippen molar-refractivity contribution < 1.29 is 0 Å². The largest absolute Gasteiger partial charge is 0.253 e. The molecule has 0 aromatic carbocycles. The van der Waals surface area contributed by atoms with Gasteiger partial charge in [-0.05, 0) is 19.3 Å². The van der Waals surface area contributed by atoms with E-state index in [-0.39, 0.29) is 0 Å². The molecule has 2 heteroatoms. The second-order valence-electron chi connectivity index (χ2n) is 4.06. The van der Waals surface area contributed by atoms with Crippen LogP contribution in [-0.2, 0) is 0 Å². The number of rotatable bonds is 2. The smallest absolute Gasteiger partial charge is 0.0422 e. The predicted octanol–water partition coefficient (Wildman–Crippen LogP) is 1.60. The third-order valence-electron chi connectivity index (χ3n) is 3.15. The minimum atomic E-state index is 0.601. The minimum Gasteiger partial charge on any atom is -0.253 e. The zero-order chi connectivity index (χ0) is 8.39. The van der Waals surface area contributed by atoms with E-state index in [0.717, 1.165) is 12.5 Å². The van der Waals surface area contributed by atoms with E-state index in [2.05, 4.69) is 23.9 Å². The van der Waals surface area contributed by atoms with Gasteiger partial charge in [0.05, 0.1) is 0 Å². The van der Waals surface area contributed by atoms with Crippen molar-refractivity contribution in [2.24, 2.45) is 5.92 Å². The average Bonchev–Trinajstić information content (AvgIpc) is 2.00. The van der Waals surface area contributed by atoms with Crippen molar-refractivity contribution in [3.05, 3.63) is 11.6 Å². The molecule has 12 heavy (non-hydrogen) atoms. The molecule has 0 aromatic rings. The van der Waals surface area contributed by atoms with E-state index in [9.17, 15) is 0 Å². The van der Waals surface area contributed by atoms with Gasteiger partial charge in [-0.3, -0.25) is 10.9 Å². The lowest BCUT2D eigenvalue weighted by molar-refractivity contribution is 0.260. The summed E-state index contributed by atoms with van der Waals surface area (Å²) in [4.78, 5) is 0. The van der Waals surface area contributed by atoms with Crippen LogP contribution in [0.3, 0.4) is 0 Å². The van der Waals surface area contributed by atoms with Gasteiger partial charge in [0, 0.05) is 12.6 Å². The molecule has 68 valence electrons. The Morgan fingerprint density at radius 1 is 1.50 bits per heavy atom. The first-order valence-corrected chi connectivity index (χ1v) is 5.01. The molecule has 2 nitrogen and oxygen atoms in total. The predicted molar refractivity (Wildman–Crippen MR) is 50.6 cm³/mol. The Balaban J connectivity index is 1.84. The van der Waals surface area contributed by atoms with Crippen molar-refractivity contribution in [3.8, 4) is 0 Å². The maximum absolute atomic E-state index is 3.35. The Morgan fingerprint density at radius 3 is 2.92 bits per heavy atom. The molecule has 0 spiro atoms. The van der Waals surface area contributed by atoms with Gasteiger partial charge in [0.25, 0.3) is 0 Å². The summed E-state index contributed by atoms with van der Waals surface area (Å²) in [5.74, 6) is 0.991. The fourth-order valence-corrected chi connectivity index (χ4v) is 1.96. The average molecular weight is 166 g/mol. The van der Waals surface area contributed by atoms with Crippen molar-refractivity contribution in [2.75, 3.05) is 6.54 Å². The molecule has 1 aliphatic carbocycles. The van der Waals surface area contributed by atoms with Crippen molar-refractivity contribution in [2.45, 2.75) is 38.6 Å². The van der Waals surface area contributed by atoms with Crippen molar-refractivity contribution in [1.29, 1.82) is 0 Å². The van der Waals surface area contributed by atoms with Crippen LogP contribution < -0.4 is 10.9 Å². The Labute approximate surface area is 74.4 Å². The zero-order valence-electron chi connectivity index (χ0n) is 7.77. The zero-order valence-corrected chi connectivity index (χ0v) is 7.77. The molecule has 0 saturated heterocycles. The standard InChI is InChI=1S/C10H18N2/c1-8-5-6-11-12-10(8)7-9-3-2-4-9/h5,9-12H,2-4,6-7H2,1H3. The van der Waals surface area contributed by atoms with Crippen LogP contribution in [0, 0.1) is 5.92 Å². The van der Waals surface area contributed by atoms with Crippen LogP contribution >= 0.6 is 0 Å². The highest BCUT2D eigenvalue weighted by molar-refractivity contribution is 5.11. The summed E-state index contributed by atoms with van der Waals surface area (Å²) in [6, 6.07) is 0.601. The lowest BCUT2D eigenvalue weighted by Crippen LogP contribution is -2.46. The molecule has 1 heterocycles. The molecule has 0 aromatic heterocycles. The second-order valence-corrected chi connectivity index (χ2v) is 4.06. The van der Waals surface area contributed by atoms with Gasteiger partial charge in [0.2, 0.25) is 0 Å². The van der Waals surface area contributed by atoms with Gasteiger partial charge >= 0.3 is 0 Å². The number of hydrazine groups is 1. The Kier molecular flexibility index (Phi) is 2.47. The third-order valence-corrected chi connectivity index (χ3v) is 3.15. The lowest BCUT2D eigenvalue weighted by atomic mass is 9.79. The molecule has 1 aliphatic heterocycles. The van der Waals surface area contributed by atoms with Crippen LogP contribution in [0.4, 0.5) is 0 Å². The van der Waals surface area contributed by atoms with Gasteiger partial charge < -0.3 is 0 Å². The van der Waals surface area contributed by atoms with Crippen LogP contribution in [0.15, 0.2) is 11.6 Å². The van der Waals surface area contributed by atoms with Gasteiger partial charge in [0.15, 0.2) is 0 Å². The van der Waals surface area contributed by atoms with E-state index in [0.29, 0.717) is 6.04 Å². The monoisotopic (exact) mass is 166 g/mol. The Bertz CT molecular complexity index is 182. The number of hydrogen-bond donors (Lipinski definition) is 2. The van der Waals surface area contributed by atoms with E-state index >= 15 is 0 Å². The third kappa shape index (κ3) is 1.70. The van der Waals surface area contributed by atoms with Gasteiger partial charge in [-0.15, -0.1) is 0 Å². The molecule has 2 N–H and O–H groups in total. The van der Waals surface area contributed by atoms with Crippen LogP contribution in [-0.4, -0.2) is 12.6 Å². The van der Waals surface area contributed by atoms with Crippen LogP contribution in [0.25, 0.3) is 0 Å². The quantitative estimate of drug-likeness (QED) is 0.609. The fourth-order valence-electron chi connectivity index (χ4n) is 1.96. The Hall–Kier alpha value is -0.340. The molecular formula is C10H18N2. The summed E-state index contributed by atoms with van der Waals surface area (Å²) in [6.45, 7) is 3.21. The van der Waals surface area contributed by atoms with Crippen LogP contribution in [0.1, 0.15) is 32.6 Å². The SMILES string of the molecule is CC1=CCNNC1CC1CCC1. The molecule has 2 rings (SSSR count). The molecule has 0 bridgehead atoms. The molecule has 1 unspecified atom stereocenters. The number of hydrogen-bond acceptors (Lipinski definition) is 2. The lowest BCUT2D eigenvalue weighted by Gasteiger charge is -2.32. The molecule has 1 atom stereocenters. The summed E-state index contributed by atoms with van der Waals surface area (Å²) >= 11 is 0. The molecule has 1 saturated carbocycles. The molecule has 2 aliphatic rings. The van der Waals surface area contributed by atoms with Gasteiger partial charge in [-0.25, -0.2) is 0 Å². The first-order chi connectivity index (χ1) is 5.86. The topological polar surface area (TPSA) is 24.1 Å². The molecule has 0 radical (unpaired) electrons. The van der Waals surface area contributed by atoms with E-state index in [1.54, 1.807) is 0 Å². The van der Waals surface area contributed by atoms with Crippen molar-refractivity contribution in [3.63, 3.8) is 0 Å². The maximum Gasteiger partial charge on any atom is 0.0422 e. The van der Waals surface area contributed by atoms with Gasteiger partial charge in [0.1, 0.15) is 0 Å². The fraction of sp³-hybridized carbons (Fsp3) is 0.800. The van der Waals surface area contributed by atoms with Crippen molar-refractivity contribution in [1.82, 2.24) is 10.9 Å². The van der Waals surface area contributed by atoms with Crippen LogP contribution in [0.5, 0.6) is 0 Å². The second kappa shape index (κ2) is 3.58. The first kappa shape index (κ1) is 8.27. The summed E-state index contributed by atoms with van der Waals surface area (Å²) in [6.07, 6.45) is 7.97. The normalized spacial score (nSPS) is 31.1. The van der Waals surface area contributed by atoms with Gasteiger partial charge in [-0.1, -0.05) is 30.9 Å².